The van der Waals surface area contributed by atoms with Gasteiger partial charge in [0.2, 0.25) is 5.91 Å². The maximum atomic E-state index is 12.5. The first-order chi connectivity index (χ1) is 12.2. The molecule has 0 fully saturated rings. The summed E-state index contributed by atoms with van der Waals surface area (Å²) in [4.78, 5) is 16.9. The number of rotatable bonds is 6. The van der Waals surface area contributed by atoms with Gasteiger partial charge in [-0.2, -0.15) is 0 Å². The van der Waals surface area contributed by atoms with Gasteiger partial charge in [-0.1, -0.05) is 18.2 Å². The van der Waals surface area contributed by atoms with Crippen molar-refractivity contribution >= 4 is 23.0 Å². The summed E-state index contributed by atoms with van der Waals surface area (Å²) in [7, 11) is 0. The topological polar surface area (TPSA) is 35.6 Å². The molecule has 0 atom stereocenters. The molecule has 1 N–H and O–H groups in total. The third-order valence-electron chi connectivity index (χ3n) is 4.82. The second kappa shape index (κ2) is 8.06. The van der Waals surface area contributed by atoms with Gasteiger partial charge in [0.05, 0.1) is 6.54 Å². The predicted octanol–water partition coefficient (Wildman–Crippen LogP) is 3.92. The van der Waals surface area contributed by atoms with Gasteiger partial charge in [-0.25, -0.2) is 0 Å². The largest absolute Gasteiger partial charge is 0.372 e. The molecule has 0 saturated heterocycles. The molecule has 1 aliphatic rings. The van der Waals surface area contributed by atoms with Crippen molar-refractivity contribution in [2.45, 2.75) is 26.7 Å². The van der Waals surface area contributed by atoms with Crippen molar-refractivity contribution < 1.29 is 4.79 Å². The number of para-hydroxylation sites is 1. The van der Waals surface area contributed by atoms with E-state index in [0.717, 1.165) is 38.2 Å². The van der Waals surface area contributed by atoms with E-state index < -0.39 is 0 Å². The van der Waals surface area contributed by atoms with Gasteiger partial charge in [0.1, 0.15) is 0 Å². The van der Waals surface area contributed by atoms with E-state index in [1.165, 1.54) is 16.9 Å². The Balaban J connectivity index is 1.62. The van der Waals surface area contributed by atoms with Gasteiger partial charge in [0.15, 0.2) is 0 Å². The number of amides is 1. The molecule has 0 saturated carbocycles. The fraction of sp³-hybridized carbons (Fsp3) is 0.381. The monoisotopic (exact) mass is 337 g/mol. The van der Waals surface area contributed by atoms with E-state index >= 15 is 0 Å². The number of carbonyl (C=O) groups is 1. The van der Waals surface area contributed by atoms with Crippen LogP contribution in [0.4, 0.5) is 17.1 Å². The van der Waals surface area contributed by atoms with Crippen LogP contribution in [0.2, 0.25) is 0 Å². The lowest BCUT2D eigenvalue weighted by atomic mass is 10.0. The molecule has 0 aromatic heterocycles. The Morgan fingerprint density at radius 1 is 1.08 bits per heavy atom. The summed E-state index contributed by atoms with van der Waals surface area (Å²) < 4.78 is 0. The van der Waals surface area contributed by atoms with Gasteiger partial charge in [0, 0.05) is 36.7 Å². The molecule has 1 aliphatic heterocycles. The van der Waals surface area contributed by atoms with E-state index in [9.17, 15) is 4.79 Å². The number of hydrogen-bond acceptors (Lipinski definition) is 3. The fourth-order valence-electron chi connectivity index (χ4n) is 3.49. The van der Waals surface area contributed by atoms with Crippen LogP contribution in [-0.4, -0.2) is 32.1 Å². The van der Waals surface area contributed by atoms with E-state index in [4.69, 9.17) is 0 Å². The molecule has 1 heterocycles. The highest BCUT2D eigenvalue weighted by molar-refractivity contribution is 5.94. The number of nitrogens with one attached hydrogen (secondary N) is 1. The molecule has 4 heteroatoms. The minimum atomic E-state index is 0.0345. The first kappa shape index (κ1) is 17.3. The van der Waals surface area contributed by atoms with Crippen LogP contribution in [0.1, 0.15) is 25.8 Å². The molecule has 1 amide bonds. The maximum absolute atomic E-state index is 12.5. The van der Waals surface area contributed by atoms with Gasteiger partial charge in [0.25, 0.3) is 0 Å². The molecule has 132 valence electrons. The third-order valence-corrected chi connectivity index (χ3v) is 4.82. The van der Waals surface area contributed by atoms with Gasteiger partial charge in [-0.3, -0.25) is 4.79 Å². The van der Waals surface area contributed by atoms with E-state index in [-0.39, 0.29) is 5.91 Å². The minimum absolute atomic E-state index is 0.0345. The first-order valence-electron chi connectivity index (χ1n) is 9.19. The Morgan fingerprint density at radius 2 is 1.80 bits per heavy atom. The third kappa shape index (κ3) is 4.13. The van der Waals surface area contributed by atoms with Crippen LogP contribution in [0.5, 0.6) is 0 Å². The van der Waals surface area contributed by atoms with Crippen LogP contribution in [0.25, 0.3) is 0 Å². The quantitative estimate of drug-likeness (QED) is 0.868. The highest BCUT2D eigenvalue weighted by atomic mass is 16.2. The van der Waals surface area contributed by atoms with Gasteiger partial charge in [-0.05, 0) is 62.6 Å². The number of hydrogen-bond donors (Lipinski definition) is 1. The second-order valence-corrected chi connectivity index (χ2v) is 6.42. The molecule has 2 aromatic carbocycles. The lowest BCUT2D eigenvalue weighted by molar-refractivity contribution is -0.115. The number of benzene rings is 2. The normalized spacial score (nSPS) is 13.3. The Hall–Kier alpha value is -2.49. The summed E-state index contributed by atoms with van der Waals surface area (Å²) in [5.74, 6) is 0.0345. The Kier molecular flexibility index (Phi) is 5.59. The summed E-state index contributed by atoms with van der Waals surface area (Å²) >= 11 is 0. The SMILES string of the molecule is CCN(CC)c1ccc(NC(=O)CN2CCCc3ccccc32)cc1. The average Bonchev–Trinajstić information content (AvgIpc) is 2.64. The molecule has 0 unspecified atom stereocenters. The molecule has 0 aliphatic carbocycles. The summed E-state index contributed by atoms with van der Waals surface area (Å²) in [6.45, 7) is 7.60. The van der Waals surface area contributed by atoms with E-state index in [0.29, 0.717) is 6.54 Å². The van der Waals surface area contributed by atoms with Crippen molar-refractivity contribution in [2.24, 2.45) is 0 Å². The smallest absolute Gasteiger partial charge is 0.243 e. The number of anilines is 3. The molecular weight excluding hydrogens is 310 g/mol. The van der Waals surface area contributed by atoms with Crippen molar-refractivity contribution in [3.8, 4) is 0 Å². The Morgan fingerprint density at radius 3 is 2.52 bits per heavy atom. The molecule has 25 heavy (non-hydrogen) atoms. The Bertz CT molecular complexity index is 707. The minimum Gasteiger partial charge on any atom is -0.372 e. The van der Waals surface area contributed by atoms with E-state index in [1.807, 2.05) is 18.2 Å². The van der Waals surface area contributed by atoms with Crippen LogP contribution in [0.15, 0.2) is 48.5 Å². The zero-order chi connectivity index (χ0) is 17.6. The molecular formula is C21H27N3O. The van der Waals surface area contributed by atoms with Crippen molar-refractivity contribution in [3.63, 3.8) is 0 Å². The van der Waals surface area contributed by atoms with Crippen LogP contribution in [0.3, 0.4) is 0 Å². The lowest BCUT2D eigenvalue weighted by Gasteiger charge is -2.30. The number of nitrogens with zero attached hydrogens (tertiary/aromatic N) is 2. The maximum Gasteiger partial charge on any atom is 0.243 e. The zero-order valence-corrected chi connectivity index (χ0v) is 15.2. The predicted molar refractivity (Wildman–Crippen MR) is 106 cm³/mol. The van der Waals surface area contributed by atoms with Crippen LogP contribution < -0.4 is 15.1 Å². The number of carbonyl (C=O) groups excluding carboxylic acids is 1. The molecule has 2 aromatic rings. The summed E-state index contributed by atoms with van der Waals surface area (Å²) in [5.41, 5.74) is 4.57. The number of aryl methyl sites for hydroxylation is 1. The molecule has 0 spiro atoms. The standard InChI is InChI=1S/C21H27N3O/c1-3-23(4-2)19-13-11-18(12-14-19)22-21(25)16-24-15-7-9-17-8-5-6-10-20(17)24/h5-6,8,10-14H,3-4,7,9,15-16H2,1-2H3,(H,22,25). The van der Waals surface area contributed by atoms with Crippen molar-refractivity contribution in [3.05, 3.63) is 54.1 Å². The van der Waals surface area contributed by atoms with Crippen molar-refractivity contribution in [1.29, 1.82) is 0 Å². The van der Waals surface area contributed by atoms with Gasteiger partial charge < -0.3 is 15.1 Å². The van der Waals surface area contributed by atoms with Crippen LogP contribution >= 0.6 is 0 Å². The van der Waals surface area contributed by atoms with E-state index in [2.05, 4.69) is 59.3 Å². The van der Waals surface area contributed by atoms with Gasteiger partial charge >= 0.3 is 0 Å². The van der Waals surface area contributed by atoms with Gasteiger partial charge in [-0.15, -0.1) is 0 Å². The fourth-order valence-corrected chi connectivity index (χ4v) is 3.49. The second-order valence-electron chi connectivity index (χ2n) is 6.42. The van der Waals surface area contributed by atoms with Crippen molar-refractivity contribution in [2.75, 3.05) is 41.3 Å². The Labute approximate surface area is 150 Å². The molecule has 3 rings (SSSR count). The lowest BCUT2D eigenvalue weighted by Crippen LogP contribution is -2.36. The molecule has 0 bridgehead atoms. The highest BCUT2D eigenvalue weighted by Gasteiger charge is 2.18. The average molecular weight is 337 g/mol. The molecule has 4 nitrogen and oxygen atoms in total. The van der Waals surface area contributed by atoms with Crippen LogP contribution in [-0.2, 0) is 11.2 Å². The zero-order valence-electron chi connectivity index (χ0n) is 15.2. The first-order valence-corrected chi connectivity index (χ1v) is 9.19. The summed E-state index contributed by atoms with van der Waals surface area (Å²) in [6.07, 6.45) is 2.20. The summed E-state index contributed by atoms with van der Waals surface area (Å²) in [5, 5.41) is 3.02. The van der Waals surface area contributed by atoms with E-state index in [1.54, 1.807) is 0 Å². The number of fused-ring (bicyclic) bond motifs is 1. The molecule has 0 radical (unpaired) electrons. The highest BCUT2D eigenvalue weighted by Crippen LogP contribution is 2.26. The van der Waals surface area contributed by atoms with Crippen LogP contribution in [0, 0.1) is 0 Å². The van der Waals surface area contributed by atoms with Crippen molar-refractivity contribution in [1.82, 2.24) is 0 Å². The summed E-state index contributed by atoms with van der Waals surface area (Å²) in [6, 6.07) is 16.5.